The number of benzene rings is 2. The number of ether oxygens (including phenoxy) is 1. The van der Waals surface area contributed by atoms with Crippen molar-refractivity contribution in [1.29, 1.82) is 0 Å². The van der Waals surface area contributed by atoms with Gasteiger partial charge < -0.3 is 4.74 Å². The van der Waals surface area contributed by atoms with Crippen LogP contribution in [0.15, 0.2) is 54.6 Å². The molecule has 130 valence electrons. The average Bonchev–Trinajstić information content (AvgIpc) is 2.62. The minimum Gasteiger partial charge on any atom is -0.378 e. The molecular formula is C21H22FNO2. The van der Waals surface area contributed by atoms with Crippen molar-refractivity contribution in [3.05, 3.63) is 71.5 Å². The maximum absolute atomic E-state index is 13.4. The van der Waals surface area contributed by atoms with Crippen molar-refractivity contribution in [2.24, 2.45) is 5.92 Å². The molecule has 4 heteroatoms. The fourth-order valence-electron chi connectivity index (χ4n) is 4.13. The average molecular weight is 339 g/mol. The van der Waals surface area contributed by atoms with Gasteiger partial charge in [-0.1, -0.05) is 42.5 Å². The predicted octanol–water partition coefficient (Wildman–Crippen LogP) is 3.69. The summed E-state index contributed by atoms with van der Waals surface area (Å²) in [6.07, 6.45) is 1.55. The molecule has 0 amide bonds. The Kier molecular flexibility index (Phi) is 4.64. The van der Waals surface area contributed by atoms with Gasteiger partial charge >= 0.3 is 0 Å². The lowest BCUT2D eigenvalue weighted by molar-refractivity contribution is -0.0872. The van der Waals surface area contributed by atoms with Gasteiger partial charge in [0.1, 0.15) is 5.82 Å². The highest BCUT2D eigenvalue weighted by Gasteiger charge is 2.41. The number of carbonyl (C=O) groups is 1. The summed E-state index contributed by atoms with van der Waals surface area (Å²) in [6, 6.07) is 17.0. The van der Waals surface area contributed by atoms with Gasteiger partial charge in [0.2, 0.25) is 0 Å². The Morgan fingerprint density at radius 3 is 2.44 bits per heavy atom. The summed E-state index contributed by atoms with van der Waals surface area (Å²) in [7, 11) is 0. The fourth-order valence-corrected chi connectivity index (χ4v) is 4.13. The molecule has 2 fully saturated rings. The highest BCUT2D eigenvalue weighted by Crippen LogP contribution is 2.34. The Morgan fingerprint density at radius 1 is 1.04 bits per heavy atom. The van der Waals surface area contributed by atoms with E-state index in [9.17, 15) is 9.18 Å². The van der Waals surface area contributed by atoms with Gasteiger partial charge in [-0.05, 0) is 30.5 Å². The van der Waals surface area contributed by atoms with E-state index < -0.39 is 0 Å². The van der Waals surface area contributed by atoms with Gasteiger partial charge in [0.05, 0.1) is 13.2 Å². The van der Waals surface area contributed by atoms with E-state index in [2.05, 4.69) is 29.2 Å². The Hall–Kier alpha value is -2.04. The second-order valence-electron chi connectivity index (χ2n) is 7.05. The lowest BCUT2D eigenvalue weighted by Gasteiger charge is -2.48. The molecule has 3 nitrogen and oxygen atoms in total. The largest absolute Gasteiger partial charge is 0.378 e. The van der Waals surface area contributed by atoms with E-state index in [0.717, 1.165) is 19.4 Å². The van der Waals surface area contributed by atoms with E-state index in [1.807, 2.05) is 6.07 Å². The van der Waals surface area contributed by atoms with Crippen molar-refractivity contribution in [2.75, 3.05) is 13.2 Å². The number of hydrogen-bond donors (Lipinski definition) is 0. The molecule has 2 aromatic carbocycles. The van der Waals surface area contributed by atoms with E-state index in [1.165, 1.54) is 17.7 Å². The zero-order chi connectivity index (χ0) is 17.2. The van der Waals surface area contributed by atoms with Crippen LogP contribution in [0.25, 0.3) is 0 Å². The maximum Gasteiger partial charge on any atom is 0.166 e. The van der Waals surface area contributed by atoms with Crippen LogP contribution < -0.4 is 0 Å². The quantitative estimate of drug-likeness (QED) is 0.796. The molecule has 2 aliphatic rings. The summed E-state index contributed by atoms with van der Waals surface area (Å²) < 4.78 is 19.2. The molecule has 2 heterocycles. The standard InChI is InChI=1S/C21H22FNO2/c22-18-8-4-7-16(9-18)21(24)17-10-19-13-25-14-20(11-17)23(19)12-15-5-2-1-3-6-15/h1-9,17,19-20H,10-14H2. The van der Waals surface area contributed by atoms with Gasteiger partial charge in [-0.15, -0.1) is 0 Å². The van der Waals surface area contributed by atoms with E-state index in [4.69, 9.17) is 4.74 Å². The molecule has 2 bridgehead atoms. The molecule has 0 aliphatic carbocycles. The summed E-state index contributed by atoms with van der Waals surface area (Å²) in [6.45, 7) is 2.22. The van der Waals surface area contributed by atoms with Crippen molar-refractivity contribution < 1.29 is 13.9 Å². The number of ketones is 1. The lowest BCUT2D eigenvalue weighted by Crippen LogP contribution is -2.57. The molecule has 0 spiro atoms. The SMILES string of the molecule is O=C(c1cccc(F)c1)C1CC2COCC(C1)N2Cc1ccccc1. The number of hydrogen-bond acceptors (Lipinski definition) is 3. The van der Waals surface area contributed by atoms with Crippen LogP contribution in [-0.4, -0.2) is 36.0 Å². The summed E-state index contributed by atoms with van der Waals surface area (Å²) in [5.41, 5.74) is 1.77. The first-order chi connectivity index (χ1) is 12.2. The maximum atomic E-state index is 13.4. The topological polar surface area (TPSA) is 29.5 Å². The summed E-state index contributed by atoms with van der Waals surface area (Å²) >= 11 is 0. The van der Waals surface area contributed by atoms with Gasteiger partial charge in [0.15, 0.2) is 5.78 Å². The van der Waals surface area contributed by atoms with Crippen LogP contribution in [0.5, 0.6) is 0 Å². The number of piperidine rings is 1. The van der Waals surface area contributed by atoms with Gasteiger partial charge in [-0.3, -0.25) is 9.69 Å². The van der Waals surface area contributed by atoms with Crippen molar-refractivity contribution in [2.45, 2.75) is 31.5 Å². The number of morpholine rings is 1. The molecule has 2 atom stereocenters. The predicted molar refractivity (Wildman–Crippen MR) is 93.8 cm³/mol. The van der Waals surface area contributed by atoms with Crippen LogP contribution in [0, 0.1) is 11.7 Å². The fraction of sp³-hybridized carbons (Fsp3) is 0.381. The number of nitrogens with zero attached hydrogens (tertiary/aromatic N) is 1. The van der Waals surface area contributed by atoms with E-state index in [1.54, 1.807) is 12.1 Å². The smallest absolute Gasteiger partial charge is 0.166 e. The molecule has 0 radical (unpaired) electrons. The van der Waals surface area contributed by atoms with Gasteiger partial charge in [0.25, 0.3) is 0 Å². The van der Waals surface area contributed by atoms with Crippen molar-refractivity contribution >= 4 is 5.78 Å². The normalized spacial score (nSPS) is 26.4. The monoisotopic (exact) mass is 339 g/mol. The summed E-state index contributed by atoms with van der Waals surface area (Å²) in [5.74, 6) is -0.334. The third-order valence-electron chi connectivity index (χ3n) is 5.36. The zero-order valence-electron chi connectivity index (χ0n) is 14.1. The highest BCUT2D eigenvalue weighted by molar-refractivity contribution is 5.98. The summed E-state index contributed by atoms with van der Waals surface area (Å²) in [4.78, 5) is 15.3. The van der Waals surface area contributed by atoms with Crippen LogP contribution in [-0.2, 0) is 11.3 Å². The van der Waals surface area contributed by atoms with Crippen LogP contribution in [0.4, 0.5) is 4.39 Å². The van der Waals surface area contributed by atoms with Crippen molar-refractivity contribution in [3.63, 3.8) is 0 Å². The van der Waals surface area contributed by atoms with Crippen LogP contribution >= 0.6 is 0 Å². The van der Waals surface area contributed by atoms with Crippen molar-refractivity contribution in [1.82, 2.24) is 4.90 Å². The molecule has 0 N–H and O–H groups in total. The summed E-state index contributed by atoms with van der Waals surface area (Å²) in [5, 5.41) is 0. The van der Waals surface area contributed by atoms with Gasteiger partial charge in [-0.2, -0.15) is 0 Å². The lowest BCUT2D eigenvalue weighted by atomic mass is 9.80. The Morgan fingerprint density at radius 2 is 1.76 bits per heavy atom. The van der Waals surface area contributed by atoms with E-state index in [-0.39, 0.29) is 29.6 Å². The molecule has 4 rings (SSSR count). The van der Waals surface area contributed by atoms with Gasteiger partial charge in [-0.25, -0.2) is 4.39 Å². The molecule has 2 aromatic rings. The van der Waals surface area contributed by atoms with Crippen molar-refractivity contribution in [3.8, 4) is 0 Å². The minimum atomic E-state index is -0.351. The second kappa shape index (κ2) is 7.06. The Balaban J connectivity index is 1.50. The Bertz CT molecular complexity index is 735. The number of halogens is 1. The van der Waals surface area contributed by atoms with E-state index in [0.29, 0.717) is 18.8 Å². The second-order valence-corrected chi connectivity index (χ2v) is 7.05. The van der Waals surface area contributed by atoms with E-state index >= 15 is 0 Å². The molecule has 2 aliphatic heterocycles. The minimum absolute atomic E-state index is 0.0484. The number of Topliss-reactive ketones (excluding diaryl/α,β-unsaturated/α-hetero) is 1. The Labute approximate surface area is 147 Å². The highest BCUT2D eigenvalue weighted by atomic mass is 19.1. The third kappa shape index (κ3) is 3.51. The molecule has 0 saturated carbocycles. The zero-order valence-corrected chi connectivity index (χ0v) is 14.1. The van der Waals surface area contributed by atoms with Gasteiger partial charge in [0, 0.05) is 30.1 Å². The first kappa shape index (κ1) is 16.4. The van der Waals surface area contributed by atoms with Crippen LogP contribution in [0.3, 0.4) is 0 Å². The molecule has 2 saturated heterocycles. The number of carbonyl (C=O) groups excluding carboxylic acids is 1. The third-order valence-corrected chi connectivity index (χ3v) is 5.36. The molecule has 25 heavy (non-hydrogen) atoms. The molecule has 0 aromatic heterocycles. The first-order valence-electron chi connectivity index (χ1n) is 8.88. The van der Waals surface area contributed by atoms with Crippen LogP contribution in [0.1, 0.15) is 28.8 Å². The first-order valence-corrected chi connectivity index (χ1v) is 8.88. The number of fused-ring (bicyclic) bond motifs is 2. The molecular weight excluding hydrogens is 317 g/mol. The van der Waals surface area contributed by atoms with Crippen LogP contribution in [0.2, 0.25) is 0 Å². The molecule has 2 unspecified atom stereocenters. The number of rotatable bonds is 4.